The summed E-state index contributed by atoms with van der Waals surface area (Å²) in [6, 6.07) is 8.27. The summed E-state index contributed by atoms with van der Waals surface area (Å²) in [6.45, 7) is 0. The number of thioether (sulfide) groups is 1. The first kappa shape index (κ1) is 16.5. The van der Waals surface area contributed by atoms with E-state index in [2.05, 4.69) is 4.98 Å². The van der Waals surface area contributed by atoms with Gasteiger partial charge < -0.3 is 4.42 Å². The Hall–Kier alpha value is -2.35. The van der Waals surface area contributed by atoms with Crippen molar-refractivity contribution in [2.75, 3.05) is 0 Å². The van der Waals surface area contributed by atoms with Gasteiger partial charge in [0.05, 0.1) is 16.5 Å². The number of fused-ring (bicyclic) bond motifs is 1. The molecule has 0 bridgehead atoms. The highest BCUT2D eigenvalue weighted by Gasteiger charge is 2.29. The Bertz CT molecular complexity index is 935. The van der Waals surface area contributed by atoms with Gasteiger partial charge >= 0.3 is 11.8 Å². The largest absolute Gasteiger partial charge is 0.416 e. The molecule has 3 nitrogen and oxygen atoms in total. The van der Waals surface area contributed by atoms with Crippen LogP contribution in [0.4, 0.5) is 17.6 Å². The molecule has 0 fully saturated rings. The van der Waals surface area contributed by atoms with Crippen molar-refractivity contribution in [2.45, 2.75) is 17.2 Å². The van der Waals surface area contributed by atoms with Crippen LogP contribution in [0, 0.1) is 5.82 Å². The predicted molar refractivity (Wildman–Crippen MR) is 81.2 cm³/mol. The number of hydrogen-bond donors (Lipinski definition) is 0. The van der Waals surface area contributed by atoms with E-state index in [-0.39, 0.29) is 16.4 Å². The molecule has 3 aromatic rings. The van der Waals surface area contributed by atoms with Crippen LogP contribution in [-0.2, 0) is 11.9 Å². The van der Waals surface area contributed by atoms with Gasteiger partial charge in [-0.2, -0.15) is 13.2 Å². The molecule has 3 rings (SSSR count). The molecule has 0 amide bonds. The fourth-order valence-corrected chi connectivity index (χ4v) is 2.80. The first-order valence-corrected chi connectivity index (χ1v) is 7.71. The van der Waals surface area contributed by atoms with Gasteiger partial charge in [0, 0.05) is 5.75 Å². The van der Waals surface area contributed by atoms with Crippen LogP contribution in [0.1, 0.15) is 11.1 Å². The summed E-state index contributed by atoms with van der Waals surface area (Å²) in [7, 11) is 0. The topological polar surface area (TPSA) is 43.1 Å². The zero-order valence-corrected chi connectivity index (χ0v) is 12.7. The molecular formula is C16H9F4NO2S. The lowest BCUT2D eigenvalue weighted by atomic mass is 10.1. The van der Waals surface area contributed by atoms with E-state index in [0.29, 0.717) is 11.1 Å². The first-order valence-electron chi connectivity index (χ1n) is 6.72. The zero-order chi connectivity index (χ0) is 17.3. The van der Waals surface area contributed by atoms with E-state index in [0.717, 1.165) is 30.0 Å². The summed E-state index contributed by atoms with van der Waals surface area (Å²) in [5.41, 5.74) is -0.526. The van der Waals surface area contributed by atoms with Crippen LogP contribution in [0.2, 0.25) is 0 Å². The number of alkyl halides is 3. The molecule has 1 heterocycles. The lowest BCUT2D eigenvalue weighted by molar-refractivity contribution is -0.137. The molecule has 8 heteroatoms. The molecule has 0 aliphatic heterocycles. The standard InChI is InChI=1S/C16H9F4NO2S/c17-11-5-6-13-12(7-11)14(22)23-15(21-13)24-8-9-1-3-10(4-2-9)16(18,19)20/h1-7H,8H2. The minimum atomic E-state index is -4.38. The molecule has 0 aliphatic carbocycles. The molecule has 0 atom stereocenters. The van der Waals surface area contributed by atoms with Crippen LogP contribution >= 0.6 is 11.8 Å². The van der Waals surface area contributed by atoms with Crippen molar-refractivity contribution in [3.05, 3.63) is 69.8 Å². The number of benzene rings is 2. The summed E-state index contributed by atoms with van der Waals surface area (Å²) in [5.74, 6) is -0.289. The van der Waals surface area contributed by atoms with Gasteiger partial charge in [-0.3, -0.25) is 0 Å². The van der Waals surface area contributed by atoms with Crippen LogP contribution in [0.5, 0.6) is 0 Å². The lowest BCUT2D eigenvalue weighted by Gasteiger charge is -2.07. The molecule has 0 saturated heterocycles. The SMILES string of the molecule is O=c1oc(SCc2ccc(C(F)(F)F)cc2)nc2ccc(F)cc12. The number of hydrogen-bond acceptors (Lipinski definition) is 4. The smallest absolute Gasteiger partial charge is 0.397 e. The maximum absolute atomic E-state index is 13.1. The van der Waals surface area contributed by atoms with Gasteiger partial charge in [0.1, 0.15) is 5.82 Å². The second-order valence-electron chi connectivity index (χ2n) is 4.91. The highest BCUT2D eigenvalue weighted by molar-refractivity contribution is 7.98. The number of halogens is 4. The molecule has 0 N–H and O–H groups in total. The highest BCUT2D eigenvalue weighted by atomic mass is 32.2. The molecule has 1 aromatic heterocycles. The Labute approximate surface area is 137 Å². The summed E-state index contributed by atoms with van der Waals surface area (Å²) in [4.78, 5) is 15.9. The van der Waals surface area contributed by atoms with Crippen molar-refractivity contribution in [3.63, 3.8) is 0 Å². The van der Waals surface area contributed by atoms with Crippen molar-refractivity contribution in [1.29, 1.82) is 0 Å². The fraction of sp³-hybridized carbons (Fsp3) is 0.125. The van der Waals surface area contributed by atoms with Crippen molar-refractivity contribution in [3.8, 4) is 0 Å². The summed E-state index contributed by atoms with van der Waals surface area (Å²) in [6.07, 6.45) is -4.38. The van der Waals surface area contributed by atoms with Gasteiger partial charge in [0.25, 0.3) is 5.22 Å². The monoisotopic (exact) mass is 355 g/mol. The van der Waals surface area contributed by atoms with Gasteiger partial charge in [0.15, 0.2) is 0 Å². The third-order valence-electron chi connectivity index (χ3n) is 3.21. The van der Waals surface area contributed by atoms with E-state index in [9.17, 15) is 22.4 Å². The lowest BCUT2D eigenvalue weighted by Crippen LogP contribution is -2.04. The van der Waals surface area contributed by atoms with Gasteiger partial charge in [-0.15, -0.1) is 0 Å². The second kappa shape index (κ2) is 6.27. The Morgan fingerprint density at radius 1 is 1.08 bits per heavy atom. The third kappa shape index (κ3) is 3.59. The van der Waals surface area contributed by atoms with Gasteiger partial charge in [0.2, 0.25) is 0 Å². The van der Waals surface area contributed by atoms with Crippen molar-refractivity contribution >= 4 is 22.7 Å². The van der Waals surface area contributed by atoms with E-state index >= 15 is 0 Å². The molecule has 0 spiro atoms. The summed E-state index contributed by atoms with van der Waals surface area (Å²) < 4.78 is 55.6. The number of nitrogens with zero attached hydrogens (tertiary/aromatic N) is 1. The Morgan fingerprint density at radius 3 is 2.46 bits per heavy atom. The average molecular weight is 355 g/mol. The van der Waals surface area contributed by atoms with Crippen LogP contribution in [-0.4, -0.2) is 4.98 Å². The van der Waals surface area contributed by atoms with Crippen LogP contribution in [0.25, 0.3) is 10.9 Å². The quantitative estimate of drug-likeness (QED) is 0.507. The minimum absolute atomic E-state index is 0.0360. The van der Waals surface area contributed by atoms with Crippen LogP contribution in [0.15, 0.2) is 56.9 Å². The van der Waals surface area contributed by atoms with Gasteiger partial charge in [-0.25, -0.2) is 14.2 Å². The van der Waals surface area contributed by atoms with Crippen LogP contribution in [0.3, 0.4) is 0 Å². The summed E-state index contributed by atoms with van der Waals surface area (Å²) in [5, 5.41) is 0.105. The maximum atomic E-state index is 13.1. The average Bonchev–Trinajstić information content (AvgIpc) is 2.53. The molecule has 0 aliphatic rings. The Morgan fingerprint density at radius 2 is 1.79 bits per heavy atom. The molecule has 0 unspecified atom stereocenters. The molecule has 0 radical (unpaired) electrons. The Kier molecular flexibility index (Phi) is 4.31. The zero-order valence-electron chi connectivity index (χ0n) is 11.9. The molecule has 0 saturated carbocycles. The number of aromatic nitrogens is 1. The second-order valence-corrected chi connectivity index (χ2v) is 5.84. The molecule has 124 valence electrons. The number of rotatable bonds is 3. The van der Waals surface area contributed by atoms with Crippen molar-refractivity contribution in [1.82, 2.24) is 4.98 Å². The van der Waals surface area contributed by atoms with Gasteiger partial charge in [-0.1, -0.05) is 23.9 Å². The summed E-state index contributed by atoms with van der Waals surface area (Å²) >= 11 is 1.07. The highest BCUT2D eigenvalue weighted by Crippen LogP contribution is 2.30. The first-order chi connectivity index (χ1) is 11.3. The third-order valence-corrected chi connectivity index (χ3v) is 4.11. The fourth-order valence-electron chi connectivity index (χ4n) is 2.02. The minimum Gasteiger partial charge on any atom is -0.397 e. The van der Waals surface area contributed by atoms with E-state index in [1.807, 2.05) is 0 Å². The van der Waals surface area contributed by atoms with E-state index in [4.69, 9.17) is 4.42 Å². The molecule has 24 heavy (non-hydrogen) atoms. The Balaban J connectivity index is 1.78. The van der Waals surface area contributed by atoms with Gasteiger partial charge in [-0.05, 0) is 35.9 Å². The maximum Gasteiger partial charge on any atom is 0.416 e. The van der Waals surface area contributed by atoms with Crippen LogP contribution < -0.4 is 5.63 Å². The molecular weight excluding hydrogens is 346 g/mol. The normalized spacial score (nSPS) is 11.8. The van der Waals surface area contributed by atoms with Crippen molar-refractivity contribution in [2.24, 2.45) is 0 Å². The molecule has 2 aromatic carbocycles. The predicted octanol–water partition coefficient (Wildman–Crippen LogP) is 4.64. The van der Waals surface area contributed by atoms with E-state index in [1.54, 1.807) is 0 Å². The van der Waals surface area contributed by atoms with Crippen molar-refractivity contribution < 1.29 is 22.0 Å². The van der Waals surface area contributed by atoms with E-state index in [1.165, 1.54) is 24.3 Å². The van der Waals surface area contributed by atoms with E-state index < -0.39 is 23.2 Å².